The predicted molar refractivity (Wildman–Crippen MR) is 76.7 cm³/mol. The molecule has 1 saturated carbocycles. The van der Waals surface area contributed by atoms with Crippen molar-refractivity contribution in [1.82, 2.24) is 9.55 Å². The van der Waals surface area contributed by atoms with Crippen LogP contribution in [0.25, 0.3) is 0 Å². The molecule has 0 amide bonds. The van der Waals surface area contributed by atoms with E-state index in [9.17, 15) is 9.90 Å². The first-order valence-corrected chi connectivity index (χ1v) is 7.67. The molecule has 1 heterocycles. The Morgan fingerprint density at radius 2 is 2.15 bits per heavy atom. The second kappa shape index (κ2) is 4.61. The van der Waals surface area contributed by atoms with Crippen molar-refractivity contribution >= 4 is 5.97 Å². The number of carboxylic acids is 1. The van der Waals surface area contributed by atoms with Crippen molar-refractivity contribution in [2.45, 2.75) is 58.3 Å². The maximum atomic E-state index is 11.2. The van der Waals surface area contributed by atoms with Gasteiger partial charge in [-0.3, -0.25) is 4.79 Å². The predicted octanol–water partition coefficient (Wildman–Crippen LogP) is 2.90. The van der Waals surface area contributed by atoms with Crippen LogP contribution < -0.4 is 0 Å². The van der Waals surface area contributed by atoms with Gasteiger partial charge in [-0.15, -0.1) is 0 Å². The Balaban J connectivity index is 1.94. The molecule has 2 atom stereocenters. The van der Waals surface area contributed by atoms with Gasteiger partial charge >= 0.3 is 5.97 Å². The van der Waals surface area contributed by atoms with E-state index in [0.29, 0.717) is 17.8 Å². The Morgan fingerprint density at radius 3 is 2.75 bits per heavy atom. The smallest absolute Gasteiger partial charge is 0.306 e. The monoisotopic (exact) mass is 276 g/mol. The van der Waals surface area contributed by atoms with Crippen LogP contribution in [0, 0.1) is 11.3 Å². The largest absolute Gasteiger partial charge is 0.481 e. The van der Waals surface area contributed by atoms with Gasteiger partial charge in [-0.25, -0.2) is 4.98 Å². The fourth-order valence-corrected chi connectivity index (χ4v) is 4.06. The summed E-state index contributed by atoms with van der Waals surface area (Å²) in [4.78, 5) is 16.0. The van der Waals surface area contributed by atoms with Crippen LogP contribution in [0.5, 0.6) is 0 Å². The van der Waals surface area contributed by atoms with E-state index in [1.807, 2.05) is 0 Å². The SMILES string of the molecule is Cn1c(C2CCCC2(C)C)nc2c1CCC(C(=O)O)C2. The van der Waals surface area contributed by atoms with Gasteiger partial charge in [0.15, 0.2) is 0 Å². The summed E-state index contributed by atoms with van der Waals surface area (Å²) in [6.45, 7) is 4.66. The summed E-state index contributed by atoms with van der Waals surface area (Å²) in [6, 6.07) is 0. The molecule has 0 aromatic carbocycles. The topological polar surface area (TPSA) is 55.1 Å². The highest BCUT2D eigenvalue weighted by atomic mass is 16.4. The van der Waals surface area contributed by atoms with Gasteiger partial charge in [-0.1, -0.05) is 20.3 Å². The minimum absolute atomic E-state index is 0.248. The lowest BCUT2D eigenvalue weighted by Crippen LogP contribution is -2.23. The maximum Gasteiger partial charge on any atom is 0.306 e. The van der Waals surface area contributed by atoms with Crippen LogP contribution in [-0.4, -0.2) is 20.6 Å². The first-order chi connectivity index (χ1) is 9.40. The van der Waals surface area contributed by atoms with Crippen molar-refractivity contribution in [2.24, 2.45) is 18.4 Å². The molecular formula is C16H24N2O2. The molecule has 1 N–H and O–H groups in total. The molecule has 4 heteroatoms. The van der Waals surface area contributed by atoms with Gasteiger partial charge in [0, 0.05) is 25.1 Å². The average Bonchev–Trinajstić information content (AvgIpc) is 2.89. The molecule has 1 aromatic heterocycles. The molecule has 4 nitrogen and oxygen atoms in total. The first-order valence-electron chi connectivity index (χ1n) is 7.67. The van der Waals surface area contributed by atoms with Gasteiger partial charge in [0.1, 0.15) is 5.82 Å². The maximum absolute atomic E-state index is 11.2. The number of aromatic nitrogens is 2. The minimum atomic E-state index is -0.677. The van der Waals surface area contributed by atoms with Crippen LogP contribution in [0.4, 0.5) is 0 Å². The highest BCUT2D eigenvalue weighted by molar-refractivity contribution is 5.70. The van der Waals surface area contributed by atoms with Crippen LogP contribution in [0.2, 0.25) is 0 Å². The number of carbonyl (C=O) groups is 1. The summed E-state index contributed by atoms with van der Waals surface area (Å²) in [7, 11) is 2.11. The number of hydrogen-bond acceptors (Lipinski definition) is 2. The van der Waals surface area contributed by atoms with Crippen molar-refractivity contribution < 1.29 is 9.90 Å². The number of carboxylic acid groups (broad SMARTS) is 1. The van der Waals surface area contributed by atoms with E-state index >= 15 is 0 Å². The molecule has 0 spiro atoms. The molecule has 0 saturated heterocycles. The number of imidazole rings is 1. The second-order valence-corrected chi connectivity index (χ2v) is 7.13. The van der Waals surface area contributed by atoms with E-state index in [0.717, 1.165) is 18.5 Å². The molecule has 20 heavy (non-hydrogen) atoms. The van der Waals surface area contributed by atoms with Gasteiger partial charge in [-0.05, 0) is 31.1 Å². The number of nitrogens with zero attached hydrogens (tertiary/aromatic N) is 2. The lowest BCUT2D eigenvalue weighted by atomic mass is 9.81. The van der Waals surface area contributed by atoms with E-state index < -0.39 is 5.97 Å². The van der Waals surface area contributed by atoms with E-state index in [-0.39, 0.29) is 5.92 Å². The van der Waals surface area contributed by atoms with Crippen LogP contribution in [-0.2, 0) is 24.7 Å². The molecule has 2 unspecified atom stereocenters. The molecule has 2 aliphatic rings. The van der Waals surface area contributed by atoms with Crippen molar-refractivity contribution in [3.63, 3.8) is 0 Å². The molecule has 3 rings (SSSR count). The van der Waals surface area contributed by atoms with Gasteiger partial charge < -0.3 is 9.67 Å². The summed E-state index contributed by atoms with van der Waals surface area (Å²) in [5, 5.41) is 9.20. The van der Waals surface area contributed by atoms with Gasteiger partial charge in [0.05, 0.1) is 11.6 Å². The number of fused-ring (bicyclic) bond motifs is 1. The third-order valence-corrected chi connectivity index (χ3v) is 5.42. The Hall–Kier alpha value is -1.32. The van der Waals surface area contributed by atoms with Crippen molar-refractivity contribution in [2.75, 3.05) is 0 Å². The zero-order chi connectivity index (χ0) is 14.5. The Bertz CT molecular complexity index is 545. The van der Waals surface area contributed by atoms with Gasteiger partial charge in [0.25, 0.3) is 0 Å². The van der Waals surface area contributed by atoms with Crippen molar-refractivity contribution in [1.29, 1.82) is 0 Å². The van der Waals surface area contributed by atoms with Crippen LogP contribution in [0.1, 0.15) is 62.7 Å². The third-order valence-electron chi connectivity index (χ3n) is 5.42. The molecule has 0 radical (unpaired) electrons. The lowest BCUT2D eigenvalue weighted by Gasteiger charge is -2.26. The lowest BCUT2D eigenvalue weighted by molar-refractivity contribution is -0.142. The zero-order valence-corrected chi connectivity index (χ0v) is 12.6. The van der Waals surface area contributed by atoms with E-state index in [2.05, 4.69) is 25.5 Å². The summed E-state index contributed by atoms with van der Waals surface area (Å²) in [5.41, 5.74) is 2.61. The molecule has 1 fully saturated rings. The van der Waals surface area contributed by atoms with Gasteiger partial charge in [0.2, 0.25) is 0 Å². The van der Waals surface area contributed by atoms with Crippen molar-refractivity contribution in [3.8, 4) is 0 Å². The second-order valence-electron chi connectivity index (χ2n) is 7.13. The van der Waals surface area contributed by atoms with E-state index in [1.165, 1.54) is 30.8 Å². The average molecular weight is 276 g/mol. The minimum Gasteiger partial charge on any atom is -0.481 e. The Morgan fingerprint density at radius 1 is 1.40 bits per heavy atom. The third kappa shape index (κ3) is 2.05. The van der Waals surface area contributed by atoms with Gasteiger partial charge in [-0.2, -0.15) is 0 Å². The van der Waals surface area contributed by atoms with Crippen molar-refractivity contribution in [3.05, 3.63) is 17.2 Å². The zero-order valence-electron chi connectivity index (χ0n) is 12.6. The van der Waals surface area contributed by atoms with E-state index in [1.54, 1.807) is 0 Å². The fourth-order valence-electron chi connectivity index (χ4n) is 4.06. The van der Waals surface area contributed by atoms with Crippen LogP contribution in [0.3, 0.4) is 0 Å². The molecule has 1 aromatic rings. The number of rotatable bonds is 2. The summed E-state index contributed by atoms with van der Waals surface area (Å²) < 4.78 is 2.26. The molecule has 110 valence electrons. The first kappa shape index (κ1) is 13.7. The highest BCUT2D eigenvalue weighted by Crippen LogP contribution is 2.48. The quantitative estimate of drug-likeness (QED) is 0.903. The fraction of sp³-hybridized carbons (Fsp3) is 0.750. The molecule has 0 bridgehead atoms. The van der Waals surface area contributed by atoms with Crippen LogP contribution in [0.15, 0.2) is 0 Å². The number of hydrogen-bond donors (Lipinski definition) is 1. The standard InChI is InChI=1S/C16H24N2O2/c1-16(2)8-4-5-11(16)14-17-12-9-10(15(19)20)6-7-13(12)18(14)3/h10-11H,4-9H2,1-3H3,(H,19,20). The normalized spacial score (nSPS) is 28.4. The summed E-state index contributed by atoms with van der Waals surface area (Å²) in [5.74, 6) is 0.774. The highest BCUT2D eigenvalue weighted by Gasteiger charge is 2.39. The van der Waals surface area contributed by atoms with E-state index in [4.69, 9.17) is 4.98 Å². The molecular weight excluding hydrogens is 252 g/mol. The molecule has 2 aliphatic carbocycles. The summed E-state index contributed by atoms with van der Waals surface area (Å²) in [6.07, 6.45) is 5.93. The Labute approximate surface area is 120 Å². The summed E-state index contributed by atoms with van der Waals surface area (Å²) >= 11 is 0. The number of aliphatic carboxylic acids is 1. The van der Waals surface area contributed by atoms with Crippen LogP contribution >= 0.6 is 0 Å². The Kier molecular flexibility index (Phi) is 3.14. The molecule has 0 aliphatic heterocycles.